The SMILES string of the molecule is CC(c1ccccc1)n1cc(NC(=O)N2CCC3(CCN(C)C3=O)CC2)cn1. The topological polar surface area (TPSA) is 70.5 Å². The molecule has 3 amide bonds. The molecule has 4 rings (SSSR count). The van der Waals surface area contributed by atoms with E-state index in [4.69, 9.17) is 0 Å². The molecule has 0 bridgehead atoms. The van der Waals surface area contributed by atoms with Crippen molar-refractivity contribution in [3.8, 4) is 0 Å². The Morgan fingerprint density at radius 1 is 1.14 bits per heavy atom. The third kappa shape index (κ3) is 3.37. The van der Waals surface area contributed by atoms with E-state index in [2.05, 4.69) is 29.5 Å². The zero-order chi connectivity index (χ0) is 19.7. The lowest BCUT2D eigenvalue weighted by Crippen LogP contribution is -2.47. The average molecular weight is 381 g/mol. The van der Waals surface area contributed by atoms with Crippen LogP contribution in [0.2, 0.25) is 0 Å². The molecule has 1 N–H and O–H groups in total. The molecular formula is C21H27N5O2. The normalized spacial score (nSPS) is 19.9. The molecule has 2 aliphatic rings. The zero-order valence-electron chi connectivity index (χ0n) is 16.5. The molecule has 2 saturated heterocycles. The molecule has 148 valence electrons. The van der Waals surface area contributed by atoms with Gasteiger partial charge in [0.05, 0.1) is 23.3 Å². The Balaban J connectivity index is 1.35. The maximum atomic E-state index is 12.6. The molecule has 1 aromatic carbocycles. The molecule has 7 heteroatoms. The van der Waals surface area contributed by atoms with Crippen LogP contribution in [0.15, 0.2) is 42.7 Å². The van der Waals surface area contributed by atoms with Crippen LogP contribution in [0.1, 0.15) is 37.8 Å². The van der Waals surface area contributed by atoms with E-state index < -0.39 is 0 Å². The number of nitrogens with one attached hydrogen (secondary N) is 1. The highest BCUT2D eigenvalue weighted by Gasteiger charge is 2.47. The zero-order valence-corrected chi connectivity index (χ0v) is 16.5. The highest BCUT2D eigenvalue weighted by atomic mass is 16.2. The number of carbonyl (C=O) groups excluding carboxylic acids is 2. The van der Waals surface area contributed by atoms with Gasteiger partial charge in [-0.05, 0) is 31.7 Å². The summed E-state index contributed by atoms with van der Waals surface area (Å²) >= 11 is 0. The minimum Gasteiger partial charge on any atom is -0.345 e. The second-order valence-electron chi connectivity index (χ2n) is 7.97. The third-order valence-electron chi connectivity index (χ3n) is 6.27. The van der Waals surface area contributed by atoms with E-state index in [1.165, 1.54) is 0 Å². The van der Waals surface area contributed by atoms with Crippen LogP contribution in [0.5, 0.6) is 0 Å². The first-order valence-electron chi connectivity index (χ1n) is 9.89. The lowest BCUT2D eigenvalue weighted by Gasteiger charge is -2.37. The van der Waals surface area contributed by atoms with Crippen LogP contribution < -0.4 is 5.32 Å². The Bertz CT molecular complexity index is 855. The second kappa shape index (κ2) is 7.30. The van der Waals surface area contributed by atoms with Gasteiger partial charge in [-0.2, -0.15) is 5.10 Å². The molecule has 28 heavy (non-hydrogen) atoms. The number of hydrogen-bond acceptors (Lipinski definition) is 3. The molecule has 1 spiro atoms. The molecule has 0 saturated carbocycles. The summed E-state index contributed by atoms with van der Waals surface area (Å²) in [4.78, 5) is 28.7. The summed E-state index contributed by atoms with van der Waals surface area (Å²) in [5.74, 6) is 0.240. The molecule has 0 radical (unpaired) electrons. The van der Waals surface area contributed by atoms with Crippen molar-refractivity contribution in [2.75, 3.05) is 32.0 Å². The first-order chi connectivity index (χ1) is 13.5. The summed E-state index contributed by atoms with van der Waals surface area (Å²) in [7, 11) is 1.87. The monoisotopic (exact) mass is 381 g/mol. The van der Waals surface area contributed by atoms with Crippen LogP contribution in [0.3, 0.4) is 0 Å². The lowest BCUT2D eigenvalue weighted by molar-refractivity contribution is -0.136. The highest BCUT2D eigenvalue weighted by Crippen LogP contribution is 2.41. The predicted octanol–water partition coefficient (Wildman–Crippen LogP) is 2.97. The number of rotatable bonds is 3. The molecule has 3 heterocycles. The van der Waals surface area contributed by atoms with Crippen molar-refractivity contribution in [2.45, 2.75) is 32.2 Å². The summed E-state index contributed by atoms with van der Waals surface area (Å²) in [5.41, 5.74) is 1.60. The Morgan fingerprint density at radius 3 is 2.46 bits per heavy atom. The van der Waals surface area contributed by atoms with Crippen LogP contribution in [0, 0.1) is 5.41 Å². The number of benzene rings is 1. The quantitative estimate of drug-likeness (QED) is 0.889. The van der Waals surface area contributed by atoms with E-state index in [0.29, 0.717) is 18.8 Å². The molecule has 0 aliphatic carbocycles. The van der Waals surface area contributed by atoms with Crippen LogP contribution in [-0.2, 0) is 4.79 Å². The van der Waals surface area contributed by atoms with Gasteiger partial charge in [0.25, 0.3) is 0 Å². The van der Waals surface area contributed by atoms with Crippen molar-refractivity contribution in [1.82, 2.24) is 19.6 Å². The first kappa shape index (κ1) is 18.5. The van der Waals surface area contributed by atoms with E-state index in [9.17, 15) is 9.59 Å². The second-order valence-corrected chi connectivity index (χ2v) is 7.97. The average Bonchev–Trinajstić information content (AvgIpc) is 3.29. The van der Waals surface area contributed by atoms with E-state index >= 15 is 0 Å². The third-order valence-corrected chi connectivity index (χ3v) is 6.27. The van der Waals surface area contributed by atoms with E-state index in [1.54, 1.807) is 11.1 Å². The van der Waals surface area contributed by atoms with Crippen molar-refractivity contribution in [1.29, 1.82) is 0 Å². The number of carbonyl (C=O) groups is 2. The number of likely N-dealkylation sites (tertiary alicyclic amines) is 2. The predicted molar refractivity (Wildman–Crippen MR) is 107 cm³/mol. The fourth-order valence-corrected chi connectivity index (χ4v) is 4.30. The van der Waals surface area contributed by atoms with Crippen molar-refractivity contribution in [2.24, 2.45) is 5.41 Å². The van der Waals surface area contributed by atoms with Gasteiger partial charge in [0.1, 0.15) is 0 Å². The maximum absolute atomic E-state index is 12.6. The molecular weight excluding hydrogens is 354 g/mol. The number of hydrogen-bond donors (Lipinski definition) is 1. The van der Waals surface area contributed by atoms with Gasteiger partial charge in [0.15, 0.2) is 0 Å². The van der Waals surface area contributed by atoms with E-state index in [1.807, 2.05) is 41.0 Å². The van der Waals surface area contributed by atoms with Crippen molar-refractivity contribution in [3.05, 3.63) is 48.3 Å². The van der Waals surface area contributed by atoms with Gasteiger partial charge in [-0.25, -0.2) is 4.79 Å². The highest BCUT2D eigenvalue weighted by molar-refractivity contribution is 5.90. The van der Waals surface area contributed by atoms with Gasteiger partial charge in [-0.1, -0.05) is 30.3 Å². The fourth-order valence-electron chi connectivity index (χ4n) is 4.30. The lowest BCUT2D eigenvalue weighted by atomic mass is 9.77. The minimum absolute atomic E-state index is 0.0899. The van der Waals surface area contributed by atoms with Crippen molar-refractivity contribution < 1.29 is 9.59 Å². The van der Waals surface area contributed by atoms with Gasteiger partial charge in [-0.15, -0.1) is 0 Å². The fraction of sp³-hybridized carbons (Fsp3) is 0.476. The van der Waals surface area contributed by atoms with Gasteiger partial charge in [-0.3, -0.25) is 9.48 Å². The summed E-state index contributed by atoms with van der Waals surface area (Å²) in [5, 5.41) is 7.35. The smallest absolute Gasteiger partial charge is 0.321 e. The van der Waals surface area contributed by atoms with E-state index in [0.717, 1.165) is 31.4 Å². The molecule has 2 aromatic rings. The number of urea groups is 1. The largest absolute Gasteiger partial charge is 0.345 e. The molecule has 1 unspecified atom stereocenters. The Morgan fingerprint density at radius 2 is 1.82 bits per heavy atom. The minimum atomic E-state index is -0.248. The van der Waals surface area contributed by atoms with Gasteiger partial charge < -0.3 is 15.1 Å². The molecule has 7 nitrogen and oxygen atoms in total. The van der Waals surface area contributed by atoms with Crippen LogP contribution in [0.4, 0.5) is 10.5 Å². The molecule has 1 atom stereocenters. The maximum Gasteiger partial charge on any atom is 0.321 e. The number of amides is 3. The summed E-state index contributed by atoms with van der Waals surface area (Å²) in [6.45, 7) is 4.12. The Hall–Kier alpha value is -2.83. The number of nitrogens with zero attached hydrogens (tertiary/aromatic N) is 4. The molecule has 2 fully saturated rings. The van der Waals surface area contributed by atoms with E-state index in [-0.39, 0.29) is 23.4 Å². The van der Waals surface area contributed by atoms with Crippen molar-refractivity contribution in [3.63, 3.8) is 0 Å². The number of aromatic nitrogens is 2. The van der Waals surface area contributed by atoms with Gasteiger partial charge in [0.2, 0.25) is 5.91 Å². The van der Waals surface area contributed by atoms with Gasteiger partial charge in [0, 0.05) is 32.9 Å². The molecule has 1 aromatic heterocycles. The first-order valence-corrected chi connectivity index (χ1v) is 9.89. The number of piperidine rings is 1. The number of anilines is 1. The molecule has 2 aliphatic heterocycles. The summed E-state index contributed by atoms with van der Waals surface area (Å²) < 4.78 is 1.85. The van der Waals surface area contributed by atoms with Crippen LogP contribution in [-0.4, -0.2) is 58.2 Å². The van der Waals surface area contributed by atoms with Crippen molar-refractivity contribution >= 4 is 17.6 Å². The Kier molecular flexibility index (Phi) is 4.83. The standard InChI is InChI=1S/C21H27N5O2/c1-16(17-6-4-3-5-7-17)26-15-18(14-22-26)23-20(28)25-12-9-21(10-13-25)8-11-24(2)19(21)27/h3-7,14-16H,8-13H2,1-2H3,(H,23,28). The van der Waals surface area contributed by atoms with Crippen LogP contribution in [0.25, 0.3) is 0 Å². The Labute approximate surface area is 165 Å². The summed E-state index contributed by atoms with van der Waals surface area (Å²) in [6.07, 6.45) is 5.93. The summed E-state index contributed by atoms with van der Waals surface area (Å²) in [6, 6.07) is 10.1. The van der Waals surface area contributed by atoms with Gasteiger partial charge >= 0.3 is 6.03 Å². The van der Waals surface area contributed by atoms with Crippen LogP contribution >= 0.6 is 0 Å².